The topological polar surface area (TPSA) is 32.3 Å². The van der Waals surface area contributed by atoms with Crippen molar-refractivity contribution in [2.45, 2.75) is 19.8 Å². The molecule has 0 fully saturated rings. The van der Waals surface area contributed by atoms with Crippen molar-refractivity contribution in [3.63, 3.8) is 0 Å². The first kappa shape index (κ1) is 8.50. The summed E-state index contributed by atoms with van der Waals surface area (Å²) < 4.78 is 0. The van der Waals surface area contributed by atoms with E-state index in [1.165, 1.54) is 0 Å². The molecule has 0 aliphatic carbocycles. The molecule has 0 aliphatic heterocycles. The largest absolute Gasteiger partial charge is 0.516 e. The number of allylic oxidation sites excluding steroid dienone is 1. The first-order valence-corrected chi connectivity index (χ1v) is 3.41. The fraction of sp³-hybridized carbons (Fsp3) is 0.714. The standard InChI is InChI=1S/C7H15NO/c1-2-8-6-4-3-5-7-9/h5,7-9H,2-4,6H2,1H3. The van der Waals surface area contributed by atoms with Crippen molar-refractivity contribution in [2.24, 2.45) is 0 Å². The lowest BCUT2D eigenvalue weighted by Crippen LogP contribution is -2.13. The van der Waals surface area contributed by atoms with E-state index >= 15 is 0 Å². The summed E-state index contributed by atoms with van der Waals surface area (Å²) in [6.07, 6.45) is 4.93. The van der Waals surface area contributed by atoms with E-state index in [9.17, 15) is 0 Å². The molecule has 54 valence electrons. The minimum atomic E-state index is 0.962. The highest BCUT2D eigenvalue weighted by molar-refractivity contribution is 4.71. The average molecular weight is 129 g/mol. The van der Waals surface area contributed by atoms with E-state index in [1.807, 2.05) is 0 Å². The molecule has 0 radical (unpaired) electrons. The van der Waals surface area contributed by atoms with Gasteiger partial charge < -0.3 is 10.4 Å². The molecule has 0 saturated carbocycles. The van der Waals surface area contributed by atoms with Crippen LogP contribution >= 0.6 is 0 Å². The van der Waals surface area contributed by atoms with E-state index in [4.69, 9.17) is 5.11 Å². The van der Waals surface area contributed by atoms with Crippen LogP contribution in [0.2, 0.25) is 0 Å². The fourth-order valence-electron chi connectivity index (χ4n) is 0.596. The maximum Gasteiger partial charge on any atom is 0.0751 e. The summed E-state index contributed by atoms with van der Waals surface area (Å²) in [4.78, 5) is 0. The molecule has 0 aromatic carbocycles. The fourth-order valence-corrected chi connectivity index (χ4v) is 0.596. The SMILES string of the molecule is CCNCCCC=CO. The van der Waals surface area contributed by atoms with Gasteiger partial charge in [-0.15, -0.1) is 0 Å². The van der Waals surface area contributed by atoms with Crippen molar-refractivity contribution in [3.8, 4) is 0 Å². The predicted octanol–water partition coefficient (Wildman–Crippen LogP) is 1.45. The highest BCUT2D eigenvalue weighted by atomic mass is 16.2. The molecule has 2 heteroatoms. The van der Waals surface area contributed by atoms with Gasteiger partial charge in [0.15, 0.2) is 0 Å². The lowest BCUT2D eigenvalue weighted by Gasteiger charge is -1.95. The first-order valence-electron chi connectivity index (χ1n) is 3.41. The second-order valence-corrected chi connectivity index (χ2v) is 1.88. The molecule has 0 unspecified atom stereocenters. The summed E-state index contributed by atoms with van der Waals surface area (Å²) in [6, 6.07) is 0. The number of nitrogens with one attached hydrogen (secondary N) is 1. The Morgan fingerprint density at radius 1 is 1.56 bits per heavy atom. The number of unbranched alkanes of at least 4 members (excludes halogenated alkanes) is 1. The number of rotatable bonds is 5. The van der Waals surface area contributed by atoms with E-state index in [2.05, 4.69) is 12.2 Å². The Hall–Kier alpha value is -0.500. The molecule has 0 bridgehead atoms. The number of hydrogen-bond acceptors (Lipinski definition) is 2. The number of aliphatic hydroxyl groups is 1. The molecule has 0 heterocycles. The van der Waals surface area contributed by atoms with Gasteiger partial charge in [0.25, 0.3) is 0 Å². The summed E-state index contributed by atoms with van der Waals surface area (Å²) in [7, 11) is 0. The second-order valence-electron chi connectivity index (χ2n) is 1.88. The van der Waals surface area contributed by atoms with Crippen LogP contribution in [-0.4, -0.2) is 18.2 Å². The van der Waals surface area contributed by atoms with Gasteiger partial charge in [-0.05, 0) is 25.9 Å². The summed E-state index contributed by atoms with van der Waals surface area (Å²) in [5.74, 6) is 0. The molecule has 0 atom stereocenters. The number of aliphatic hydroxyl groups excluding tert-OH is 1. The van der Waals surface area contributed by atoms with Crippen LogP contribution in [0, 0.1) is 0 Å². The van der Waals surface area contributed by atoms with E-state index in [1.54, 1.807) is 6.08 Å². The molecule has 0 saturated heterocycles. The van der Waals surface area contributed by atoms with Crippen molar-refractivity contribution in [1.29, 1.82) is 0 Å². The second kappa shape index (κ2) is 7.50. The van der Waals surface area contributed by atoms with Gasteiger partial charge in [0.05, 0.1) is 6.26 Å². The van der Waals surface area contributed by atoms with Crippen molar-refractivity contribution in [1.82, 2.24) is 5.32 Å². The van der Waals surface area contributed by atoms with Gasteiger partial charge in [0, 0.05) is 0 Å². The zero-order chi connectivity index (χ0) is 6.95. The van der Waals surface area contributed by atoms with Gasteiger partial charge in [-0.3, -0.25) is 0 Å². The molecule has 0 aliphatic rings. The molecule has 2 N–H and O–H groups in total. The molecular formula is C7H15NO. The van der Waals surface area contributed by atoms with Gasteiger partial charge in [-0.25, -0.2) is 0 Å². The van der Waals surface area contributed by atoms with Crippen molar-refractivity contribution in [2.75, 3.05) is 13.1 Å². The van der Waals surface area contributed by atoms with Crippen LogP contribution in [0.25, 0.3) is 0 Å². The summed E-state index contributed by atoms with van der Waals surface area (Å²) in [5.41, 5.74) is 0. The van der Waals surface area contributed by atoms with Gasteiger partial charge >= 0.3 is 0 Å². The minimum Gasteiger partial charge on any atom is -0.516 e. The van der Waals surface area contributed by atoms with Crippen molar-refractivity contribution < 1.29 is 5.11 Å². The van der Waals surface area contributed by atoms with Crippen LogP contribution < -0.4 is 5.32 Å². The zero-order valence-electron chi connectivity index (χ0n) is 5.93. The first-order chi connectivity index (χ1) is 4.41. The Labute approximate surface area is 56.6 Å². The molecule has 0 aromatic rings. The molecule has 0 spiro atoms. The van der Waals surface area contributed by atoms with Crippen LogP contribution in [-0.2, 0) is 0 Å². The molecule has 0 amide bonds. The van der Waals surface area contributed by atoms with Gasteiger partial charge in [0.2, 0.25) is 0 Å². The molecule has 9 heavy (non-hydrogen) atoms. The van der Waals surface area contributed by atoms with E-state index in [0.29, 0.717) is 0 Å². The third kappa shape index (κ3) is 7.50. The van der Waals surface area contributed by atoms with Crippen LogP contribution in [0.4, 0.5) is 0 Å². The lowest BCUT2D eigenvalue weighted by molar-refractivity contribution is 0.470. The normalized spacial score (nSPS) is 10.8. The zero-order valence-corrected chi connectivity index (χ0v) is 5.93. The third-order valence-electron chi connectivity index (χ3n) is 1.08. The summed E-state index contributed by atoms with van der Waals surface area (Å²) in [6.45, 7) is 4.16. The minimum absolute atomic E-state index is 0.962. The Balaban J connectivity index is 2.75. The van der Waals surface area contributed by atoms with Crippen LogP contribution in [0.3, 0.4) is 0 Å². The Kier molecular flexibility index (Phi) is 7.08. The molecule has 0 rings (SSSR count). The smallest absolute Gasteiger partial charge is 0.0751 e. The van der Waals surface area contributed by atoms with Gasteiger partial charge in [0.1, 0.15) is 0 Å². The Morgan fingerprint density at radius 3 is 2.89 bits per heavy atom. The molecule has 2 nitrogen and oxygen atoms in total. The van der Waals surface area contributed by atoms with E-state index in [-0.39, 0.29) is 0 Å². The van der Waals surface area contributed by atoms with Gasteiger partial charge in [-0.2, -0.15) is 0 Å². The summed E-state index contributed by atoms with van der Waals surface area (Å²) >= 11 is 0. The van der Waals surface area contributed by atoms with E-state index in [0.717, 1.165) is 32.2 Å². The lowest BCUT2D eigenvalue weighted by atomic mass is 10.3. The molecular weight excluding hydrogens is 114 g/mol. The monoisotopic (exact) mass is 129 g/mol. The Bertz CT molecular complexity index is 71.3. The Morgan fingerprint density at radius 2 is 2.33 bits per heavy atom. The summed E-state index contributed by atoms with van der Waals surface area (Å²) in [5, 5.41) is 11.4. The van der Waals surface area contributed by atoms with Crippen LogP contribution in [0.5, 0.6) is 0 Å². The van der Waals surface area contributed by atoms with Crippen molar-refractivity contribution in [3.05, 3.63) is 12.3 Å². The average Bonchev–Trinajstić information content (AvgIpc) is 1.89. The van der Waals surface area contributed by atoms with Crippen LogP contribution in [0.15, 0.2) is 12.3 Å². The third-order valence-corrected chi connectivity index (χ3v) is 1.08. The predicted molar refractivity (Wildman–Crippen MR) is 39.5 cm³/mol. The van der Waals surface area contributed by atoms with E-state index < -0.39 is 0 Å². The van der Waals surface area contributed by atoms with Gasteiger partial charge in [-0.1, -0.05) is 13.0 Å². The maximum absolute atomic E-state index is 8.22. The maximum atomic E-state index is 8.22. The van der Waals surface area contributed by atoms with Crippen LogP contribution in [0.1, 0.15) is 19.8 Å². The highest BCUT2D eigenvalue weighted by Gasteiger charge is 1.80. The quantitative estimate of drug-likeness (QED) is 0.435. The van der Waals surface area contributed by atoms with Crippen molar-refractivity contribution >= 4 is 0 Å². The molecule has 0 aromatic heterocycles. The highest BCUT2D eigenvalue weighted by Crippen LogP contribution is 1.86. The number of hydrogen-bond donors (Lipinski definition) is 2.